The van der Waals surface area contributed by atoms with E-state index in [1.165, 1.54) is 0 Å². The number of rotatable bonds is 2. The number of aryl methyl sites for hydroxylation is 1. The van der Waals surface area contributed by atoms with E-state index in [4.69, 9.17) is 20.4 Å². The number of thiazole rings is 1. The van der Waals surface area contributed by atoms with Crippen LogP contribution in [0.2, 0.25) is 0 Å². The topological polar surface area (TPSA) is 161 Å². The smallest absolute Gasteiger partial charge is 0.311 e. The first-order valence-electron chi connectivity index (χ1n) is 6.50. The van der Waals surface area contributed by atoms with Crippen LogP contribution < -0.4 is 10.6 Å². The molecule has 3 rings (SSSR count). The van der Waals surface area contributed by atoms with Crippen LogP contribution in [0.25, 0.3) is 10.3 Å². The Kier molecular flexibility index (Phi) is 5.06. The number of anilines is 1. The van der Waals surface area contributed by atoms with Gasteiger partial charge in [-0.05, 0) is 6.92 Å². The van der Waals surface area contributed by atoms with Crippen LogP contribution >= 0.6 is 11.3 Å². The average molecular weight is 344 g/mol. The van der Waals surface area contributed by atoms with E-state index in [0.717, 1.165) is 15.9 Å². The number of nitrogens with two attached hydrogens (primary N) is 1. The predicted octanol–water partition coefficient (Wildman–Crippen LogP) is -1.83. The molecule has 3 heterocycles. The minimum atomic E-state index is -1.35. The number of carbonyl (C=O) groups is 1. The van der Waals surface area contributed by atoms with Gasteiger partial charge in [0.1, 0.15) is 25.1 Å². The molecule has 0 radical (unpaired) electrons. The van der Waals surface area contributed by atoms with Gasteiger partial charge >= 0.3 is 4.87 Å². The third kappa shape index (κ3) is 2.84. The van der Waals surface area contributed by atoms with Crippen molar-refractivity contribution >= 4 is 34.4 Å². The van der Waals surface area contributed by atoms with Crippen LogP contribution in [0.4, 0.5) is 5.95 Å². The van der Waals surface area contributed by atoms with Crippen molar-refractivity contribution in [3.63, 3.8) is 0 Å². The van der Waals surface area contributed by atoms with Gasteiger partial charge in [0.2, 0.25) is 5.95 Å². The molecular weight excluding hydrogens is 328 g/mol. The lowest BCUT2D eigenvalue weighted by molar-refractivity contribution is -0.0979. The highest BCUT2D eigenvalue weighted by Crippen LogP contribution is 2.32. The molecule has 0 bridgehead atoms. The Bertz CT molecular complexity index is 762. The Balaban J connectivity index is 0.000000924. The monoisotopic (exact) mass is 344 g/mol. The summed E-state index contributed by atoms with van der Waals surface area (Å²) in [4.78, 5) is 27.8. The fraction of sp³-hybridized carbons (Fsp3) is 0.500. The Morgan fingerprint density at radius 1 is 1.35 bits per heavy atom. The molecule has 126 valence electrons. The molecule has 5 N–H and O–H groups in total. The summed E-state index contributed by atoms with van der Waals surface area (Å²) in [6.07, 6.45) is -4.74. The Labute approximate surface area is 133 Å². The van der Waals surface area contributed by atoms with Gasteiger partial charge in [-0.1, -0.05) is 11.3 Å². The largest absolute Gasteiger partial charge is 0.394 e. The van der Waals surface area contributed by atoms with Gasteiger partial charge in [-0.2, -0.15) is 4.98 Å². The van der Waals surface area contributed by atoms with Gasteiger partial charge in [0, 0.05) is 0 Å². The van der Waals surface area contributed by atoms with Crippen molar-refractivity contribution in [1.29, 1.82) is 0 Å². The number of aromatic nitrogens is 3. The van der Waals surface area contributed by atoms with Crippen LogP contribution in [-0.4, -0.2) is 61.6 Å². The maximum Gasteiger partial charge on any atom is 0.311 e. The number of nitrogens with zero attached hydrogens (tertiary/aromatic N) is 3. The summed E-state index contributed by atoms with van der Waals surface area (Å²) in [5.74, 6) is -0.00158. The third-order valence-electron chi connectivity index (χ3n) is 3.42. The summed E-state index contributed by atoms with van der Waals surface area (Å²) < 4.78 is 7.03. The number of hydrogen-bond acceptors (Lipinski definition) is 10. The zero-order valence-electron chi connectivity index (χ0n) is 12.1. The Morgan fingerprint density at radius 3 is 2.57 bits per heavy atom. The minimum absolute atomic E-state index is 0.00158. The van der Waals surface area contributed by atoms with Gasteiger partial charge in [0.05, 0.1) is 17.0 Å². The average Bonchev–Trinajstić information content (AvgIpc) is 2.99. The number of carbonyl (C=O) groups excluding carboxylic acids is 1. The van der Waals surface area contributed by atoms with Crippen molar-refractivity contribution in [1.82, 2.24) is 14.5 Å². The van der Waals surface area contributed by atoms with Gasteiger partial charge < -0.3 is 30.6 Å². The quantitative estimate of drug-likeness (QED) is 0.491. The highest BCUT2D eigenvalue weighted by molar-refractivity contribution is 7.16. The highest BCUT2D eigenvalue weighted by Gasteiger charge is 2.44. The molecule has 11 heteroatoms. The van der Waals surface area contributed by atoms with Crippen LogP contribution in [0.1, 0.15) is 11.9 Å². The number of hydrogen-bond donors (Lipinski definition) is 4. The first kappa shape index (κ1) is 17.4. The Hall–Kier alpha value is -1.92. The molecule has 2 aromatic heterocycles. The molecule has 10 nitrogen and oxygen atoms in total. The van der Waals surface area contributed by atoms with Crippen LogP contribution in [0.3, 0.4) is 0 Å². The number of fused-ring (bicyclic) bond motifs is 1. The van der Waals surface area contributed by atoms with Crippen molar-refractivity contribution in [3.8, 4) is 0 Å². The van der Waals surface area contributed by atoms with Crippen molar-refractivity contribution in [2.75, 3.05) is 12.3 Å². The summed E-state index contributed by atoms with van der Waals surface area (Å²) >= 11 is 0.905. The second kappa shape index (κ2) is 6.68. The fourth-order valence-electron chi connectivity index (χ4n) is 2.39. The van der Waals surface area contributed by atoms with Gasteiger partial charge in [-0.25, -0.2) is 4.98 Å². The van der Waals surface area contributed by atoms with Gasteiger partial charge in [0.15, 0.2) is 11.9 Å². The van der Waals surface area contributed by atoms with E-state index in [0.29, 0.717) is 10.4 Å². The van der Waals surface area contributed by atoms with Gasteiger partial charge in [0.25, 0.3) is 0 Å². The maximum atomic E-state index is 12.2. The molecule has 1 fully saturated rings. The van der Waals surface area contributed by atoms with E-state index >= 15 is 0 Å². The lowest BCUT2D eigenvalue weighted by atomic mass is 10.1. The first-order valence-corrected chi connectivity index (χ1v) is 7.32. The SMILES string of the molecule is C=O.Cc1nc(N)nc2c1sc(=O)n2[C@@H]1O[C@H](CO)[C@@H](O)[C@H]1O. The molecule has 0 saturated carbocycles. The molecule has 4 atom stereocenters. The zero-order valence-corrected chi connectivity index (χ0v) is 12.9. The summed E-state index contributed by atoms with van der Waals surface area (Å²) in [6.45, 7) is 3.22. The molecule has 1 saturated heterocycles. The van der Waals surface area contributed by atoms with E-state index in [9.17, 15) is 15.0 Å². The molecule has 2 aromatic rings. The molecule has 23 heavy (non-hydrogen) atoms. The number of ether oxygens (including phenoxy) is 1. The first-order chi connectivity index (χ1) is 10.9. The molecule has 0 unspecified atom stereocenters. The summed E-state index contributed by atoms with van der Waals surface area (Å²) in [5, 5.41) is 28.9. The zero-order chi connectivity index (χ0) is 17.3. The van der Waals surface area contributed by atoms with Crippen LogP contribution in [-0.2, 0) is 9.53 Å². The van der Waals surface area contributed by atoms with Crippen molar-refractivity contribution < 1.29 is 24.9 Å². The van der Waals surface area contributed by atoms with E-state index in [-0.39, 0.29) is 11.6 Å². The van der Waals surface area contributed by atoms with Crippen molar-refractivity contribution in [3.05, 3.63) is 15.4 Å². The van der Waals surface area contributed by atoms with Crippen LogP contribution in [0.5, 0.6) is 0 Å². The van der Waals surface area contributed by atoms with E-state index in [1.54, 1.807) is 6.92 Å². The van der Waals surface area contributed by atoms with E-state index < -0.39 is 36.0 Å². The molecule has 1 aliphatic rings. The summed E-state index contributed by atoms with van der Waals surface area (Å²) in [6, 6.07) is 0. The molecule has 0 amide bonds. The molecule has 1 aliphatic heterocycles. The van der Waals surface area contributed by atoms with Crippen LogP contribution in [0, 0.1) is 6.92 Å². The van der Waals surface area contributed by atoms with Gasteiger partial charge in [-0.15, -0.1) is 0 Å². The molecular formula is C12H16N4O6S. The van der Waals surface area contributed by atoms with Crippen molar-refractivity contribution in [2.45, 2.75) is 31.5 Å². The fourth-order valence-corrected chi connectivity index (χ4v) is 3.28. The lowest BCUT2D eigenvalue weighted by Crippen LogP contribution is -2.34. The predicted molar refractivity (Wildman–Crippen MR) is 81.0 cm³/mol. The summed E-state index contributed by atoms with van der Waals surface area (Å²) in [5.41, 5.74) is 6.38. The Morgan fingerprint density at radius 2 is 2.00 bits per heavy atom. The number of aliphatic hydroxyl groups is 3. The standard InChI is InChI=1S/C11H14N4O5S.CH2O/c1-3-7-8(14-10(12)13-3)15(11(19)21-7)9-6(18)5(17)4(2-16)20-9;1-2/h4-6,9,16-18H,2H2,1H3,(H2,12,13,14);1H2/t4-,5-,6-,9-;/m1./s1. The second-order valence-electron chi connectivity index (χ2n) is 4.79. The molecule has 0 aromatic carbocycles. The maximum absolute atomic E-state index is 12.2. The van der Waals surface area contributed by atoms with E-state index in [1.807, 2.05) is 6.79 Å². The molecule has 0 aliphatic carbocycles. The van der Waals surface area contributed by atoms with Crippen molar-refractivity contribution in [2.24, 2.45) is 0 Å². The minimum Gasteiger partial charge on any atom is -0.394 e. The normalized spacial score (nSPS) is 27.0. The number of aliphatic hydroxyl groups excluding tert-OH is 3. The highest BCUT2D eigenvalue weighted by atomic mass is 32.1. The number of nitrogen functional groups attached to an aromatic ring is 1. The summed E-state index contributed by atoms with van der Waals surface area (Å²) in [7, 11) is 0. The van der Waals surface area contributed by atoms with Crippen LogP contribution in [0.15, 0.2) is 4.79 Å². The molecule has 0 spiro atoms. The van der Waals surface area contributed by atoms with Gasteiger partial charge in [-0.3, -0.25) is 9.36 Å². The second-order valence-corrected chi connectivity index (χ2v) is 5.75. The lowest BCUT2D eigenvalue weighted by Gasteiger charge is -2.16. The van der Waals surface area contributed by atoms with E-state index in [2.05, 4.69) is 9.97 Å². The third-order valence-corrected chi connectivity index (χ3v) is 4.47.